The molecule has 1 aliphatic carbocycles. The number of nitrogens with zero attached hydrogens (tertiary/aromatic N) is 1. The van der Waals surface area contributed by atoms with Crippen LogP contribution in [-0.4, -0.2) is 35.5 Å². The lowest BCUT2D eigenvalue weighted by Crippen LogP contribution is -2.37. The monoisotopic (exact) mass is 247 g/mol. The predicted molar refractivity (Wildman–Crippen MR) is 67.4 cm³/mol. The number of benzene rings is 1. The van der Waals surface area contributed by atoms with E-state index in [1.807, 2.05) is 24.3 Å². The molecule has 0 spiro atoms. The van der Waals surface area contributed by atoms with Crippen LogP contribution in [0.2, 0.25) is 0 Å². The Hall–Kier alpha value is -1.84. The minimum atomic E-state index is -0.815. The molecule has 1 aromatic rings. The molecular formula is C14H17NO3. The van der Waals surface area contributed by atoms with Crippen LogP contribution in [-0.2, 0) is 16.0 Å². The second-order valence-electron chi connectivity index (χ2n) is 4.71. The molecule has 0 saturated carbocycles. The molecule has 0 fully saturated rings. The van der Waals surface area contributed by atoms with Crippen LogP contribution in [0.5, 0.6) is 0 Å². The molecule has 1 aromatic carbocycles. The van der Waals surface area contributed by atoms with Crippen LogP contribution in [0.25, 0.3) is 0 Å². The summed E-state index contributed by atoms with van der Waals surface area (Å²) < 4.78 is 0. The highest BCUT2D eigenvalue weighted by atomic mass is 16.4. The third-order valence-electron chi connectivity index (χ3n) is 3.41. The Bertz CT molecular complexity index is 470. The van der Waals surface area contributed by atoms with Crippen LogP contribution in [0.3, 0.4) is 0 Å². The zero-order valence-electron chi connectivity index (χ0n) is 10.4. The van der Waals surface area contributed by atoms with Crippen molar-refractivity contribution in [2.24, 2.45) is 0 Å². The number of hydrogen-bond acceptors (Lipinski definition) is 2. The number of carbonyl (C=O) groups is 2. The van der Waals surface area contributed by atoms with Crippen LogP contribution < -0.4 is 0 Å². The van der Waals surface area contributed by atoms with Gasteiger partial charge in [-0.3, -0.25) is 9.59 Å². The van der Waals surface area contributed by atoms with Gasteiger partial charge < -0.3 is 10.0 Å². The Morgan fingerprint density at radius 3 is 2.78 bits per heavy atom. The summed E-state index contributed by atoms with van der Waals surface area (Å²) in [7, 11) is 1.74. The lowest BCUT2D eigenvalue weighted by atomic mass is 9.77. The third kappa shape index (κ3) is 2.53. The van der Waals surface area contributed by atoms with Gasteiger partial charge in [-0.05, 0) is 24.0 Å². The highest BCUT2D eigenvalue weighted by Crippen LogP contribution is 2.35. The van der Waals surface area contributed by atoms with Crippen molar-refractivity contribution in [3.05, 3.63) is 35.4 Å². The standard InChI is InChI=1S/C14H17NO3/c1-15(8-4-7-13(16)17)14(18)12-9-10-5-2-3-6-11(10)12/h2-3,5-6,12H,4,7-9H2,1H3,(H,16,17). The number of hydrogen-bond donors (Lipinski definition) is 1. The number of carboxylic acids is 1. The van der Waals surface area contributed by atoms with Gasteiger partial charge in [0.2, 0.25) is 5.91 Å². The summed E-state index contributed by atoms with van der Waals surface area (Å²) >= 11 is 0. The topological polar surface area (TPSA) is 57.6 Å². The van der Waals surface area contributed by atoms with Crippen molar-refractivity contribution in [2.75, 3.05) is 13.6 Å². The van der Waals surface area contributed by atoms with E-state index in [-0.39, 0.29) is 18.2 Å². The van der Waals surface area contributed by atoms with E-state index in [2.05, 4.69) is 0 Å². The molecule has 4 nitrogen and oxygen atoms in total. The highest BCUT2D eigenvalue weighted by molar-refractivity contribution is 5.86. The summed E-state index contributed by atoms with van der Waals surface area (Å²) in [6.45, 7) is 0.504. The normalized spacial score (nSPS) is 16.6. The third-order valence-corrected chi connectivity index (χ3v) is 3.41. The first-order valence-electron chi connectivity index (χ1n) is 6.14. The lowest BCUT2D eigenvalue weighted by molar-refractivity contribution is -0.138. The van der Waals surface area contributed by atoms with Crippen molar-refractivity contribution in [1.82, 2.24) is 4.90 Å². The molecule has 2 rings (SSSR count). The molecule has 0 bridgehead atoms. The molecule has 1 amide bonds. The smallest absolute Gasteiger partial charge is 0.303 e. The maximum atomic E-state index is 12.1. The van der Waals surface area contributed by atoms with E-state index in [1.54, 1.807) is 11.9 Å². The summed E-state index contributed by atoms with van der Waals surface area (Å²) in [6.07, 6.45) is 1.42. The fraction of sp³-hybridized carbons (Fsp3) is 0.429. The Labute approximate surface area is 106 Å². The van der Waals surface area contributed by atoms with Crippen molar-refractivity contribution in [2.45, 2.75) is 25.2 Å². The number of fused-ring (bicyclic) bond motifs is 1. The molecule has 1 atom stereocenters. The number of rotatable bonds is 5. The van der Waals surface area contributed by atoms with Crippen molar-refractivity contribution < 1.29 is 14.7 Å². The Kier molecular flexibility index (Phi) is 3.65. The molecule has 0 aliphatic heterocycles. The van der Waals surface area contributed by atoms with Crippen molar-refractivity contribution >= 4 is 11.9 Å². The first kappa shape index (κ1) is 12.6. The maximum absolute atomic E-state index is 12.1. The molecule has 1 unspecified atom stereocenters. The van der Waals surface area contributed by atoms with E-state index in [0.29, 0.717) is 13.0 Å². The van der Waals surface area contributed by atoms with Gasteiger partial charge in [-0.1, -0.05) is 24.3 Å². The molecule has 0 aromatic heterocycles. The second kappa shape index (κ2) is 5.21. The minimum absolute atomic E-state index is 0.0315. The average molecular weight is 247 g/mol. The molecule has 1 N–H and O–H groups in total. The van der Waals surface area contributed by atoms with E-state index < -0.39 is 5.97 Å². The van der Waals surface area contributed by atoms with Crippen molar-refractivity contribution in [1.29, 1.82) is 0 Å². The Morgan fingerprint density at radius 1 is 1.39 bits per heavy atom. The highest BCUT2D eigenvalue weighted by Gasteiger charge is 2.33. The van der Waals surface area contributed by atoms with E-state index in [4.69, 9.17) is 5.11 Å². The van der Waals surface area contributed by atoms with Gasteiger partial charge in [-0.2, -0.15) is 0 Å². The van der Waals surface area contributed by atoms with Gasteiger partial charge in [0.1, 0.15) is 0 Å². The summed E-state index contributed by atoms with van der Waals surface area (Å²) in [5.41, 5.74) is 2.36. The zero-order valence-corrected chi connectivity index (χ0v) is 10.4. The van der Waals surface area contributed by atoms with Gasteiger partial charge in [-0.15, -0.1) is 0 Å². The van der Waals surface area contributed by atoms with Crippen LogP contribution in [0.4, 0.5) is 0 Å². The molecule has 4 heteroatoms. The molecule has 1 aliphatic rings. The Balaban J connectivity index is 1.88. The number of aliphatic carboxylic acids is 1. The van der Waals surface area contributed by atoms with E-state index in [1.165, 1.54) is 5.56 Å². The van der Waals surface area contributed by atoms with Gasteiger partial charge in [0, 0.05) is 20.0 Å². The summed E-state index contributed by atoms with van der Waals surface area (Å²) in [5.74, 6) is -0.750. The first-order chi connectivity index (χ1) is 8.59. The SMILES string of the molecule is CN(CCCC(=O)O)C(=O)C1Cc2ccccc21. The molecule has 0 saturated heterocycles. The fourth-order valence-corrected chi connectivity index (χ4v) is 2.32. The number of carboxylic acid groups (broad SMARTS) is 1. The largest absolute Gasteiger partial charge is 0.481 e. The van der Waals surface area contributed by atoms with E-state index >= 15 is 0 Å². The van der Waals surface area contributed by atoms with Crippen LogP contribution >= 0.6 is 0 Å². The lowest BCUT2D eigenvalue weighted by Gasteiger charge is -2.32. The van der Waals surface area contributed by atoms with Gasteiger partial charge in [0.05, 0.1) is 5.92 Å². The van der Waals surface area contributed by atoms with Gasteiger partial charge in [-0.25, -0.2) is 0 Å². The maximum Gasteiger partial charge on any atom is 0.303 e. The summed E-state index contributed by atoms with van der Waals surface area (Å²) in [6, 6.07) is 7.97. The van der Waals surface area contributed by atoms with Gasteiger partial charge >= 0.3 is 5.97 Å². The number of carbonyl (C=O) groups excluding carboxylic acids is 1. The first-order valence-corrected chi connectivity index (χ1v) is 6.14. The van der Waals surface area contributed by atoms with Gasteiger partial charge in [0.25, 0.3) is 0 Å². The predicted octanol–water partition coefficient (Wildman–Crippen LogP) is 1.65. The average Bonchev–Trinajstić information content (AvgIpc) is 2.30. The second-order valence-corrected chi connectivity index (χ2v) is 4.71. The zero-order chi connectivity index (χ0) is 13.1. The van der Waals surface area contributed by atoms with Crippen LogP contribution in [0.15, 0.2) is 24.3 Å². The molecule has 96 valence electrons. The summed E-state index contributed by atoms with van der Waals surface area (Å²) in [5, 5.41) is 8.56. The van der Waals surface area contributed by atoms with Crippen LogP contribution in [0.1, 0.15) is 29.9 Å². The quantitative estimate of drug-likeness (QED) is 0.860. The fourth-order valence-electron chi connectivity index (χ4n) is 2.32. The minimum Gasteiger partial charge on any atom is -0.481 e. The number of amides is 1. The van der Waals surface area contributed by atoms with Gasteiger partial charge in [0.15, 0.2) is 0 Å². The summed E-state index contributed by atoms with van der Waals surface area (Å²) in [4.78, 5) is 24.2. The molecule has 18 heavy (non-hydrogen) atoms. The van der Waals surface area contributed by atoms with E-state index in [9.17, 15) is 9.59 Å². The van der Waals surface area contributed by atoms with Crippen molar-refractivity contribution in [3.8, 4) is 0 Å². The molecule has 0 heterocycles. The van der Waals surface area contributed by atoms with Crippen molar-refractivity contribution in [3.63, 3.8) is 0 Å². The molecular weight excluding hydrogens is 230 g/mol. The Morgan fingerprint density at radius 2 is 2.11 bits per heavy atom. The molecule has 0 radical (unpaired) electrons. The van der Waals surface area contributed by atoms with Crippen LogP contribution in [0, 0.1) is 0 Å². The number of likely N-dealkylation sites (N-methyl/N-ethyl adjacent to an activating group) is 1. The van der Waals surface area contributed by atoms with E-state index in [0.717, 1.165) is 12.0 Å².